The van der Waals surface area contributed by atoms with Crippen LogP contribution in [0.25, 0.3) is 11.0 Å². The molecule has 1 aromatic heterocycles. The van der Waals surface area contributed by atoms with Gasteiger partial charge in [-0.3, -0.25) is 4.84 Å². The highest BCUT2D eigenvalue weighted by molar-refractivity contribution is 5.95. The molecular weight excluding hydrogens is 258 g/mol. The smallest absolute Gasteiger partial charge is 0.372 e. The number of hydrogen-bond acceptors (Lipinski definition) is 4. The number of hydroxylamine groups is 1. The monoisotopic (exact) mass is 275 g/mol. The van der Waals surface area contributed by atoms with E-state index < -0.39 is 5.97 Å². The molecule has 1 saturated carbocycles. The van der Waals surface area contributed by atoms with Gasteiger partial charge in [-0.15, -0.1) is 0 Å². The maximum absolute atomic E-state index is 11.2. The van der Waals surface area contributed by atoms with E-state index in [2.05, 4.69) is 5.48 Å². The Balaban J connectivity index is 1.78. The third-order valence-electron chi connectivity index (χ3n) is 3.69. The molecule has 0 spiro atoms. The largest absolute Gasteiger partial charge is 0.475 e. The highest BCUT2D eigenvalue weighted by atomic mass is 16.7. The van der Waals surface area contributed by atoms with Gasteiger partial charge in [0.05, 0.1) is 12.6 Å². The fraction of sp³-hybridized carbons (Fsp3) is 0.400. The fourth-order valence-electron chi connectivity index (χ4n) is 2.68. The first kappa shape index (κ1) is 13.1. The molecule has 106 valence electrons. The Labute approximate surface area is 116 Å². The number of hydrogen-bond donors (Lipinski definition) is 2. The first-order valence-corrected chi connectivity index (χ1v) is 6.88. The van der Waals surface area contributed by atoms with E-state index in [4.69, 9.17) is 9.25 Å². The maximum atomic E-state index is 11.2. The SMILES string of the molecule is O=C(O)c1oc2ccccc2c1CNOC1CCCC1. The Bertz CT molecular complexity index is 613. The first-order valence-electron chi connectivity index (χ1n) is 6.88. The van der Waals surface area contributed by atoms with Crippen LogP contribution in [0.5, 0.6) is 0 Å². The van der Waals surface area contributed by atoms with Gasteiger partial charge in [0.25, 0.3) is 0 Å². The lowest BCUT2D eigenvalue weighted by Crippen LogP contribution is -2.22. The summed E-state index contributed by atoms with van der Waals surface area (Å²) in [5.74, 6) is -1.08. The lowest BCUT2D eigenvalue weighted by molar-refractivity contribution is -0.0244. The summed E-state index contributed by atoms with van der Waals surface area (Å²) >= 11 is 0. The zero-order valence-electron chi connectivity index (χ0n) is 11.1. The lowest BCUT2D eigenvalue weighted by Gasteiger charge is -2.11. The van der Waals surface area contributed by atoms with E-state index in [9.17, 15) is 9.90 Å². The third kappa shape index (κ3) is 2.55. The highest BCUT2D eigenvalue weighted by Gasteiger charge is 2.20. The van der Waals surface area contributed by atoms with E-state index in [-0.39, 0.29) is 11.9 Å². The minimum atomic E-state index is -1.06. The van der Waals surface area contributed by atoms with Crippen molar-refractivity contribution in [3.8, 4) is 0 Å². The Hall–Kier alpha value is -1.85. The topological polar surface area (TPSA) is 71.7 Å². The first-order chi connectivity index (χ1) is 9.75. The molecule has 0 unspecified atom stereocenters. The zero-order chi connectivity index (χ0) is 13.9. The summed E-state index contributed by atoms with van der Waals surface area (Å²) in [7, 11) is 0. The number of benzene rings is 1. The van der Waals surface area contributed by atoms with Gasteiger partial charge in [-0.1, -0.05) is 31.0 Å². The summed E-state index contributed by atoms with van der Waals surface area (Å²) in [6.45, 7) is 0.329. The number of fused-ring (bicyclic) bond motifs is 1. The van der Waals surface area contributed by atoms with Gasteiger partial charge in [-0.2, -0.15) is 5.48 Å². The molecule has 0 bridgehead atoms. The number of para-hydroxylation sites is 1. The summed E-state index contributed by atoms with van der Waals surface area (Å²) < 4.78 is 5.39. The predicted octanol–water partition coefficient (Wildman–Crippen LogP) is 3.09. The van der Waals surface area contributed by atoms with E-state index in [1.807, 2.05) is 18.2 Å². The van der Waals surface area contributed by atoms with E-state index >= 15 is 0 Å². The summed E-state index contributed by atoms with van der Waals surface area (Å²) in [6, 6.07) is 7.31. The summed E-state index contributed by atoms with van der Waals surface area (Å²) in [4.78, 5) is 16.8. The molecule has 0 saturated heterocycles. The van der Waals surface area contributed by atoms with Crippen LogP contribution in [-0.4, -0.2) is 17.2 Å². The van der Waals surface area contributed by atoms with Crippen LogP contribution < -0.4 is 5.48 Å². The van der Waals surface area contributed by atoms with Crippen molar-refractivity contribution in [2.45, 2.75) is 38.3 Å². The number of carbonyl (C=O) groups is 1. The molecule has 0 amide bonds. The van der Waals surface area contributed by atoms with E-state index in [1.165, 1.54) is 12.8 Å². The van der Waals surface area contributed by atoms with E-state index in [1.54, 1.807) is 6.07 Å². The molecule has 2 aromatic rings. The zero-order valence-corrected chi connectivity index (χ0v) is 11.1. The summed E-state index contributed by atoms with van der Waals surface area (Å²) in [5, 5.41) is 10.0. The van der Waals surface area contributed by atoms with Gasteiger partial charge in [0.15, 0.2) is 0 Å². The van der Waals surface area contributed by atoms with Crippen LogP contribution in [-0.2, 0) is 11.4 Å². The van der Waals surface area contributed by atoms with Gasteiger partial charge in [0, 0.05) is 10.9 Å². The van der Waals surface area contributed by atoms with Crippen molar-refractivity contribution in [3.05, 3.63) is 35.6 Å². The van der Waals surface area contributed by atoms with E-state index in [0.717, 1.165) is 18.2 Å². The maximum Gasteiger partial charge on any atom is 0.372 e. The van der Waals surface area contributed by atoms with Crippen LogP contribution >= 0.6 is 0 Å². The van der Waals surface area contributed by atoms with Gasteiger partial charge < -0.3 is 9.52 Å². The molecular formula is C15H17NO4. The van der Waals surface area contributed by atoms with Gasteiger partial charge in [-0.05, 0) is 18.9 Å². The van der Waals surface area contributed by atoms with Crippen molar-refractivity contribution in [3.63, 3.8) is 0 Å². The average molecular weight is 275 g/mol. The van der Waals surface area contributed by atoms with Crippen molar-refractivity contribution in [2.24, 2.45) is 0 Å². The minimum Gasteiger partial charge on any atom is -0.475 e. The number of rotatable bonds is 5. The Morgan fingerprint density at radius 1 is 1.35 bits per heavy atom. The van der Waals surface area contributed by atoms with Crippen molar-refractivity contribution in [1.29, 1.82) is 0 Å². The average Bonchev–Trinajstić information content (AvgIpc) is 3.07. The lowest BCUT2D eigenvalue weighted by atomic mass is 10.1. The van der Waals surface area contributed by atoms with Crippen molar-refractivity contribution in [2.75, 3.05) is 0 Å². The second kappa shape index (κ2) is 5.64. The molecule has 5 nitrogen and oxygen atoms in total. The van der Waals surface area contributed by atoms with Gasteiger partial charge in [0.1, 0.15) is 5.58 Å². The van der Waals surface area contributed by atoms with Crippen LogP contribution in [0.2, 0.25) is 0 Å². The van der Waals surface area contributed by atoms with Crippen LogP contribution in [0.3, 0.4) is 0 Å². The molecule has 1 aliphatic carbocycles. The predicted molar refractivity (Wildman–Crippen MR) is 73.4 cm³/mol. The van der Waals surface area contributed by atoms with Gasteiger partial charge in [0.2, 0.25) is 5.76 Å². The van der Waals surface area contributed by atoms with Crippen LogP contribution in [0.1, 0.15) is 41.8 Å². The third-order valence-corrected chi connectivity index (χ3v) is 3.69. The number of furan rings is 1. The fourth-order valence-corrected chi connectivity index (χ4v) is 2.68. The Kier molecular flexibility index (Phi) is 3.71. The Morgan fingerprint density at radius 2 is 2.10 bits per heavy atom. The molecule has 20 heavy (non-hydrogen) atoms. The number of aromatic carboxylic acids is 1. The molecule has 5 heteroatoms. The normalized spacial score (nSPS) is 16.0. The number of carboxylic acid groups (broad SMARTS) is 1. The van der Waals surface area contributed by atoms with Crippen LogP contribution in [0.15, 0.2) is 28.7 Å². The molecule has 1 aromatic carbocycles. The molecule has 1 heterocycles. The van der Waals surface area contributed by atoms with Crippen molar-refractivity contribution < 1.29 is 19.2 Å². The summed E-state index contributed by atoms with van der Waals surface area (Å²) in [5.41, 5.74) is 4.11. The van der Waals surface area contributed by atoms with Crippen LogP contribution in [0.4, 0.5) is 0 Å². The molecule has 2 N–H and O–H groups in total. The molecule has 0 radical (unpaired) electrons. The molecule has 1 aliphatic rings. The number of carboxylic acids is 1. The minimum absolute atomic E-state index is 0.0197. The second-order valence-electron chi connectivity index (χ2n) is 5.06. The van der Waals surface area contributed by atoms with Gasteiger partial charge in [-0.25, -0.2) is 4.79 Å². The summed E-state index contributed by atoms with van der Waals surface area (Å²) in [6.07, 6.45) is 4.75. The molecule has 0 aliphatic heterocycles. The quantitative estimate of drug-likeness (QED) is 0.820. The molecule has 1 fully saturated rings. The van der Waals surface area contributed by atoms with Crippen LogP contribution in [0, 0.1) is 0 Å². The van der Waals surface area contributed by atoms with Crippen molar-refractivity contribution >= 4 is 16.9 Å². The number of nitrogens with one attached hydrogen (secondary N) is 1. The highest BCUT2D eigenvalue weighted by Crippen LogP contribution is 2.26. The standard InChI is InChI=1S/C15H17NO4/c17-15(18)14-12(9-16-20-10-5-1-2-6-10)11-7-3-4-8-13(11)19-14/h3-4,7-8,10,16H,1-2,5-6,9H2,(H,17,18). The molecule has 3 rings (SSSR count). The Morgan fingerprint density at radius 3 is 2.85 bits per heavy atom. The van der Waals surface area contributed by atoms with E-state index in [0.29, 0.717) is 17.7 Å². The molecule has 0 atom stereocenters. The second-order valence-corrected chi connectivity index (χ2v) is 5.06. The van der Waals surface area contributed by atoms with Gasteiger partial charge >= 0.3 is 5.97 Å². The van der Waals surface area contributed by atoms with Crippen molar-refractivity contribution in [1.82, 2.24) is 5.48 Å².